The zero-order valence-electron chi connectivity index (χ0n) is 13.8. The molecule has 5 heteroatoms. The Morgan fingerprint density at radius 1 is 1.17 bits per heavy atom. The lowest BCUT2D eigenvalue weighted by atomic mass is 10.1. The van der Waals surface area contributed by atoms with Crippen LogP contribution >= 0.6 is 0 Å². The molecular formula is C18H23N5. The average molecular weight is 309 g/mol. The number of hydrogen-bond donors (Lipinski definition) is 2. The lowest BCUT2D eigenvalue weighted by Gasteiger charge is -2.21. The van der Waals surface area contributed by atoms with Gasteiger partial charge in [-0.05, 0) is 31.9 Å². The number of aromatic amines is 1. The van der Waals surface area contributed by atoms with Gasteiger partial charge < -0.3 is 5.32 Å². The number of nitrogens with zero attached hydrogens (tertiary/aromatic N) is 3. The molecule has 0 aliphatic heterocycles. The van der Waals surface area contributed by atoms with Crippen LogP contribution in [-0.2, 0) is 6.54 Å². The number of benzene rings is 1. The molecule has 3 aromatic rings. The number of H-pyrrole nitrogens is 1. The molecule has 2 N–H and O–H groups in total. The van der Waals surface area contributed by atoms with Crippen LogP contribution in [-0.4, -0.2) is 26.0 Å². The normalized spacial score (nSPS) is 13.9. The fraction of sp³-hybridized carbons (Fsp3) is 0.333. The fourth-order valence-electron chi connectivity index (χ4n) is 2.63. The van der Waals surface area contributed by atoms with Crippen LogP contribution in [0.5, 0.6) is 0 Å². The lowest BCUT2D eigenvalue weighted by molar-refractivity contribution is 0.365. The number of rotatable bonds is 6. The van der Waals surface area contributed by atoms with Crippen molar-refractivity contribution in [3.63, 3.8) is 0 Å². The first-order chi connectivity index (χ1) is 11.1. The molecular weight excluding hydrogens is 286 g/mol. The van der Waals surface area contributed by atoms with Gasteiger partial charge in [-0.1, -0.05) is 30.3 Å². The van der Waals surface area contributed by atoms with Gasteiger partial charge in [-0.3, -0.25) is 9.78 Å². The predicted octanol–water partition coefficient (Wildman–Crippen LogP) is 3.32. The Morgan fingerprint density at radius 3 is 2.65 bits per heavy atom. The van der Waals surface area contributed by atoms with Crippen molar-refractivity contribution >= 4 is 0 Å². The first kappa shape index (κ1) is 15.5. The van der Waals surface area contributed by atoms with E-state index in [0.29, 0.717) is 6.04 Å². The molecule has 0 aliphatic carbocycles. The van der Waals surface area contributed by atoms with Gasteiger partial charge in [0.05, 0.1) is 24.1 Å². The number of aryl methyl sites for hydroxylation is 1. The van der Waals surface area contributed by atoms with E-state index in [2.05, 4.69) is 59.7 Å². The zero-order valence-corrected chi connectivity index (χ0v) is 13.8. The lowest BCUT2D eigenvalue weighted by Crippen LogP contribution is -2.33. The van der Waals surface area contributed by atoms with Crippen molar-refractivity contribution in [2.24, 2.45) is 0 Å². The zero-order chi connectivity index (χ0) is 16.2. The van der Waals surface area contributed by atoms with E-state index < -0.39 is 0 Å². The summed E-state index contributed by atoms with van der Waals surface area (Å²) in [5.74, 6) is 0. The summed E-state index contributed by atoms with van der Waals surface area (Å²) in [4.78, 5) is 0. The highest BCUT2D eigenvalue weighted by atomic mass is 15.3. The van der Waals surface area contributed by atoms with Gasteiger partial charge in [-0.15, -0.1) is 0 Å². The molecule has 0 fully saturated rings. The third kappa shape index (κ3) is 3.51. The Balaban J connectivity index is 1.66. The van der Waals surface area contributed by atoms with Gasteiger partial charge in [0.1, 0.15) is 0 Å². The minimum Gasteiger partial charge on any atom is -0.308 e. The number of aromatic nitrogens is 4. The molecule has 0 aliphatic rings. The Morgan fingerprint density at radius 2 is 1.96 bits per heavy atom. The van der Waals surface area contributed by atoms with Gasteiger partial charge in [0, 0.05) is 24.3 Å². The van der Waals surface area contributed by atoms with Crippen LogP contribution in [0.1, 0.15) is 31.0 Å². The molecule has 5 nitrogen and oxygen atoms in total. The first-order valence-corrected chi connectivity index (χ1v) is 7.97. The van der Waals surface area contributed by atoms with Crippen LogP contribution in [0.3, 0.4) is 0 Å². The van der Waals surface area contributed by atoms with Crippen molar-refractivity contribution in [3.05, 3.63) is 60.0 Å². The molecule has 2 unspecified atom stereocenters. The highest BCUT2D eigenvalue weighted by Gasteiger charge is 2.15. The first-order valence-electron chi connectivity index (χ1n) is 7.97. The van der Waals surface area contributed by atoms with Crippen molar-refractivity contribution in [1.82, 2.24) is 25.3 Å². The second-order valence-electron chi connectivity index (χ2n) is 6.04. The average Bonchev–Trinajstić information content (AvgIpc) is 3.21. The van der Waals surface area contributed by atoms with E-state index in [4.69, 9.17) is 0 Å². The monoisotopic (exact) mass is 309 g/mol. The Labute approximate surface area is 136 Å². The second kappa shape index (κ2) is 6.79. The highest BCUT2D eigenvalue weighted by molar-refractivity contribution is 5.62. The second-order valence-corrected chi connectivity index (χ2v) is 6.04. The molecule has 0 spiro atoms. The van der Waals surface area contributed by atoms with Crippen LogP contribution in [0, 0.1) is 6.92 Å². The van der Waals surface area contributed by atoms with Gasteiger partial charge in [-0.25, -0.2) is 0 Å². The molecule has 120 valence electrons. The summed E-state index contributed by atoms with van der Waals surface area (Å²) in [5, 5.41) is 15.3. The van der Waals surface area contributed by atoms with E-state index in [9.17, 15) is 0 Å². The Kier molecular flexibility index (Phi) is 4.57. The fourth-order valence-corrected chi connectivity index (χ4v) is 2.63. The van der Waals surface area contributed by atoms with Crippen molar-refractivity contribution < 1.29 is 0 Å². The van der Waals surface area contributed by atoms with Gasteiger partial charge in [0.25, 0.3) is 0 Å². The van der Waals surface area contributed by atoms with E-state index in [0.717, 1.165) is 17.8 Å². The summed E-state index contributed by atoms with van der Waals surface area (Å²) in [7, 11) is 0. The smallest absolute Gasteiger partial charge is 0.0695 e. The van der Waals surface area contributed by atoms with Crippen LogP contribution in [0.15, 0.2) is 48.9 Å². The molecule has 0 radical (unpaired) electrons. The molecule has 2 heterocycles. The predicted molar refractivity (Wildman–Crippen MR) is 92.0 cm³/mol. The highest BCUT2D eigenvalue weighted by Crippen LogP contribution is 2.21. The Hall–Kier alpha value is -2.40. The summed E-state index contributed by atoms with van der Waals surface area (Å²) < 4.78 is 2.01. The molecule has 23 heavy (non-hydrogen) atoms. The van der Waals surface area contributed by atoms with Crippen molar-refractivity contribution in [1.29, 1.82) is 0 Å². The minimum absolute atomic E-state index is 0.288. The van der Waals surface area contributed by atoms with Gasteiger partial charge in [-0.2, -0.15) is 10.2 Å². The van der Waals surface area contributed by atoms with Gasteiger partial charge in [0.15, 0.2) is 0 Å². The van der Waals surface area contributed by atoms with Crippen molar-refractivity contribution in [3.8, 4) is 11.3 Å². The van der Waals surface area contributed by atoms with E-state index in [1.165, 1.54) is 11.1 Å². The van der Waals surface area contributed by atoms with E-state index >= 15 is 0 Å². The molecule has 0 saturated heterocycles. The SMILES string of the molecule is Cc1cnn(C(C)C(C)NCc2cn[nH]c2-c2ccccc2)c1. The van der Waals surface area contributed by atoms with Crippen LogP contribution in [0.25, 0.3) is 11.3 Å². The summed E-state index contributed by atoms with van der Waals surface area (Å²) in [6, 6.07) is 10.9. The van der Waals surface area contributed by atoms with Crippen LogP contribution < -0.4 is 5.32 Å². The molecule has 1 aromatic carbocycles. The third-order valence-corrected chi connectivity index (χ3v) is 4.27. The van der Waals surface area contributed by atoms with E-state index in [-0.39, 0.29) is 6.04 Å². The maximum absolute atomic E-state index is 4.41. The largest absolute Gasteiger partial charge is 0.308 e. The van der Waals surface area contributed by atoms with Gasteiger partial charge >= 0.3 is 0 Å². The number of hydrogen-bond acceptors (Lipinski definition) is 3. The minimum atomic E-state index is 0.288. The van der Waals surface area contributed by atoms with Crippen molar-refractivity contribution in [2.45, 2.75) is 39.4 Å². The maximum Gasteiger partial charge on any atom is 0.0695 e. The molecule has 3 rings (SSSR count). The van der Waals surface area contributed by atoms with Crippen molar-refractivity contribution in [2.75, 3.05) is 0 Å². The topological polar surface area (TPSA) is 58.5 Å². The summed E-state index contributed by atoms with van der Waals surface area (Å²) >= 11 is 0. The molecule has 0 saturated carbocycles. The van der Waals surface area contributed by atoms with Gasteiger partial charge in [0.2, 0.25) is 0 Å². The number of nitrogens with one attached hydrogen (secondary N) is 2. The Bertz CT molecular complexity index is 744. The quantitative estimate of drug-likeness (QED) is 0.734. The molecule has 0 amide bonds. The third-order valence-electron chi connectivity index (χ3n) is 4.27. The van der Waals surface area contributed by atoms with E-state index in [1.807, 2.05) is 35.3 Å². The van der Waals surface area contributed by atoms with E-state index in [1.54, 1.807) is 0 Å². The molecule has 2 atom stereocenters. The summed E-state index contributed by atoms with van der Waals surface area (Å²) in [6.07, 6.45) is 5.87. The summed E-state index contributed by atoms with van der Waals surface area (Å²) in [5.41, 5.74) is 4.59. The van der Waals surface area contributed by atoms with Crippen LogP contribution in [0.2, 0.25) is 0 Å². The maximum atomic E-state index is 4.41. The molecule has 2 aromatic heterocycles. The summed E-state index contributed by atoms with van der Waals surface area (Å²) in [6.45, 7) is 7.19. The van der Waals surface area contributed by atoms with Crippen LogP contribution in [0.4, 0.5) is 0 Å². The molecule has 0 bridgehead atoms. The standard InChI is InChI=1S/C18H23N5/c1-13-9-21-23(12-13)15(3)14(2)19-10-17-11-20-22-18(17)16-7-5-4-6-8-16/h4-9,11-12,14-15,19H,10H2,1-3H3,(H,20,22).